The molecule has 0 aliphatic rings. The van der Waals surface area contributed by atoms with Crippen molar-refractivity contribution in [2.75, 3.05) is 47.9 Å². The van der Waals surface area contributed by atoms with Crippen molar-refractivity contribution >= 4 is 81.3 Å². The van der Waals surface area contributed by atoms with Crippen LogP contribution in [0.1, 0.15) is 62.6 Å². The third kappa shape index (κ3) is 23.8. The second-order valence-corrected chi connectivity index (χ2v) is 33.7. The van der Waals surface area contributed by atoms with Gasteiger partial charge in [0.15, 0.2) is 0 Å². The van der Waals surface area contributed by atoms with E-state index in [-0.39, 0.29) is 28.9 Å². The number of carbonyl (C=O) groups excluding carboxylic acids is 5. The van der Waals surface area contributed by atoms with Crippen LogP contribution in [0.15, 0.2) is 301 Å². The maximum Gasteiger partial charge on any atom is 0.267 e. The summed E-state index contributed by atoms with van der Waals surface area (Å²) in [5, 5.41) is 43.6. The van der Waals surface area contributed by atoms with Gasteiger partial charge in [-0.3, -0.25) is 47.4 Å². The number of thiophene rings is 1. The van der Waals surface area contributed by atoms with Crippen LogP contribution < -0.4 is 40.8 Å². The minimum atomic E-state index is -0.946. The molecule has 20 rings (SSSR count). The number of para-hydroxylation sites is 3. The van der Waals surface area contributed by atoms with E-state index in [0.717, 1.165) is 149 Å². The molecule has 13 aromatic heterocycles. The number of aryl methyl sites for hydroxylation is 7. The van der Waals surface area contributed by atoms with Crippen LogP contribution in [0.4, 0.5) is 59.8 Å². The molecule has 0 unspecified atom stereocenters. The van der Waals surface area contributed by atoms with Crippen molar-refractivity contribution in [2.24, 2.45) is 35.2 Å². The largest absolute Gasteiger partial charge is 0.496 e. The lowest BCUT2D eigenvalue weighted by molar-refractivity contribution is 0.101. The zero-order valence-electron chi connectivity index (χ0n) is 79.5. The quantitative estimate of drug-likeness (QED) is 0.0371. The van der Waals surface area contributed by atoms with Gasteiger partial charge in [-0.1, -0.05) is 71.9 Å². The van der Waals surface area contributed by atoms with E-state index in [1.54, 1.807) is 140 Å². The fraction of sp³-hybridized carbons (Fsp3) is 0.0943. The molecule has 0 saturated carbocycles. The highest BCUT2D eigenvalue weighted by atomic mass is 32.1. The molecule has 147 heavy (non-hydrogen) atoms. The van der Waals surface area contributed by atoms with Crippen LogP contribution in [0, 0.1) is 54.6 Å². The number of amides is 5. The second-order valence-electron chi connectivity index (χ2n) is 31.9. The number of aromatic nitrogens is 18. The first-order chi connectivity index (χ1) is 71.0. The summed E-state index contributed by atoms with van der Waals surface area (Å²) in [6.07, 6.45) is 9.70. The number of thiazole rings is 1. The number of rotatable bonds is 23. The molecule has 32 nitrogen and oxygen atoms in total. The fourth-order valence-corrected chi connectivity index (χ4v) is 16.4. The molecule has 20 aromatic rings. The number of nitrogens with zero attached hydrogens (tertiary/aromatic N) is 18. The van der Waals surface area contributed by atoms with Crippen LogP contribution >= 0.6 is 22.7 Å². The van der Waals surface area contributed by atoms with Crippen LogP contribution in [-0.2, 0) is 35.2 Å². The molecular formula is C106H84F7N23O9S2. The van der Waals surface area contributed by atoms with Crippen LogP contribution in [0.3, 0.4) is 0 Å². The lowest BCUT2D eigenvalue weighted by Crippen LogP contribution is -2.16. The molecule has 0 aliphatic carbocycles. The Morgan fingerprint density at radius 2 is 0.626 bits per heavy atom. The predicted octanol–water partition coefficient (Wildman–Crippen LogP) is 21.5. The molecule has 5 N–H and O–H groups in total. The molecule has 0 atom stereocenters. The third-order valence-corrected chi connectivity index (χ3v) is 24.0. The zero-order chi connectivity index (χ0) is 104. The van der Waals surface area contributed by atoms with Crippen molar-refractivity contribution in [3.05, 3.63) is 376 Å². The van der Waals surface area contributed by atoms with Crippen LogP contribution in [0.5, 0.6) is 17.2 Å². The monoisotopic (exact) mass is 2020 g/mol. The Morgan fingerprint density at radius 1 is 0.320 bits per heavy atom. The Kier molecular flexibility index (Phi) is 31.5. The van der Waals surface area contributed by atoms with Gasteiger partial charge in [0.2, 0.25) is 11.7 Å². The average Bonchev–Trinajstić information content (AvgIpc) is 1.68. The summed E-state index contributed by atoms with van der Waals surface area (Å²) in [5.41, 5.74) is 13.4. The molecule has 0 aliphatic heterocycles. The molecule has 13 heterocycles. The summed E-state index contributed by atoms with van der Waals surface area (Å²) >= 11 is 2.91. The van der Waals surface area contributed by atoms with Crippen molar-refractivity contribution in [1.29, 1.82) is 0 Å². The van der Waals surface area contributed by atoms with Gasteiger partial charge in [-0.05, 0) is 200 Å². The Hall–Kier alpha value is -18.9. The van der Waals surface area contributed by atoms with Crippen molar-refractivity contribution in [3.63, 3.8) is 0 Å². The molecule has 738 valence electrons. The van der Waals surface area contributed by atoms with E-state index in [1.165, 1.54) is 71.3 Å². The Labute approximate surface area is 841 Å². The summed E-state index contributed by atoms with van der Waals surface area (Å²) in [4.78, 5) is 91.4. The van der Waals surface area contributed by atoms with Gasteiger partial charge in [-0.15, -0.1) is 22.7 Å². The molecule has 0 fully saturated rings. The van der Waals surface area contributed by atoms with E-state index < -0.39 is 81.0 Å². The molecular weight excluding hydrogens is 1940 g/mol. The lowest BCUT2D eigenvalue weighted by atomic mass is 10.1. The van der Waals surface area contributed by atoms with Crippen LogP contribution in [0.25, 0.3) is 112 Å². The maximum atomic E-state index is 13.8. The molecule has 0 bridgehead atoms. The highest BCUT2D eigenvalue weighted by Crippen LogP contribution is 2.38. The van der Waals surface area contributed by atoms with Gasteiger partial charge in [-0.2, -0.15) is 30.5 Å². The molecule has 7 aromatic carbocycles. The van der Waals surface area contributed by atoms with Gasteiger partial charge in [0, 0.05) is 129 Å². The Bertz CT molecular complexity index is 8100. The maximum absolute atomic E-state index is 13.8. The van der Waals surface area contributed by atoms with Gasteiger partial charge >= 0.3 is 0 Å². The van der Waals surface area contributed by atoms with Crippen LogP contribution in [-0.4, -0.2) is 140 Å². The minimum absolute atomic E-state index is 0.0311. The summed E-state index contributed by atoms with van der Waals surface area (Å²) in [7, 11) is 14.0. The number of carbonyl (C=O) groups is 5. The van der Waals surface area contributed by atoms with Gasteiger partial charge in [-0.25, -0.2) is 60.6 Å². The third-order valence-electron chi connectivity index (χ3n) is 22.2. The van der Waals surface area contributed by atoms with Gasteiger partial charge in [0.05, 0.1) is 77.3 Å². The SMILES string of the molecule is COc1ccccc1-c1cc(-c2ccc(NC(=O)c3c(F)cccc3F)nc2)n(C)n1.COc1ccccc1-c1cc(-c2ccc(NC(=O)c3ccccc3F)nc2)n(C)n1.COc1ccccc1-c1cc(-c2ccc(NC(=O)c3sccc3C)nc2)n(C)n1.Cc1nc(-c2cc(-c3ccc(NC(=O)c4c(F)cccc4F)nc3)n(C)n2)no1.Cn1nc(-c2nccs2)cc1-c1ccc(NC(=O)c2c(F)cccc2F)nc1. The van der Waals surface area contributed by atoms with Crippen LogP contribution in [0.2, 0.25) is 0 Å². The Balaban J connectivity index is 0.000000131. The highest BCUT2D eigenvalue weighted by Gasteiger charge is 2.26. The van der Waals surface area contributed by atoms with E-state index in [4.69, 9.17) is 18.7 Å². The van der Waals surface area contributed by atoms with Gasteiger partial charge in [0.1, 0.15) is 120 Å². The summed E-state index contributed by atoms with van der Waals surface area (Å²) in [5.74, 6) is -5.25. The van der Waals surface area contributed by atoms with E-state index in [0.29, 0.717) is 45.2 Å². The summed E-state index contributed by atoms with van der Waals surface area (Å²) < 4.78 is 126. The molecule has 0 spiro atoms. The number of nitrogens with one attached hydrogen (secondary N) is 5. The van der Waals surface area contributed by atoms with Gasteiger partial charge in [0.25, 0.3) is 29.5 Å². The second kappa shape index (κ2) is 45.8. The van der Waals surface area contributed by atoms with Gasteiger partial charge < -0.3 is 45.3 Å². The van der Waals surface area contributed by atoms with Crippen molar-refractivity contribution in [3.8, 4) is 130 Å². The first-order valence-corrected chi connectivity index (χ1v) is 46.1. The number of anilines is 5. The number of benzene rings is 7. The summed E-state index contributed by atoms with van der Waals surface area (Å²) in [6, 6.07) is 67.0. The van der Waals surface area contributed by atoms with E-state index in [1.807, 2.05) is 166 Å². The van der Waals surface area contributed by atoms with E-state index >= 15 is 0 Å². The smallest absolute Gasteiger partial charge is 0.267 e. The zero-order valence-corrected chi connectivity index (χ0v) is 81.1. The number of pyridine rings is 5. The minimum Gasteiger partial charge on any atom is -0.496 e. The molecule has 0 saturated heterocycles. The predicted molar refractivity (Wildman–Crippen MR) is 542 cm³/mol. The number of ether oxygens (including phenoxy) is 3. The van der Waals surface area contributed by atoms with E-state index in [2.05, 4.69) is 92.1 Å². The van der Waals surface area contributed by atoms with Crippen molar-refractivity contribution in [1.82, 2.24) is 88.9 Å². The molecule has 0 radical (unpaired) electrons. The summed E-state index contributed by atoms with van der Waals surface area (Å²) in [6.45, 7) is 3.61. The standard InChI is InChI=1S/C23H18F2N4O2.C23H19FN4O2.C22H20N4O2S.C19H14F2N6O2.C19H13F2N5OS/c1-29-19(12-18(28-29)15-6-3-4-9-20(15)31-2)14-10-11-21(26-13-14)27-23(30)22-16(24)7-5-8-17(22)25;1-28-20(13-19(27-28)17-8-4-6-10-21(17)30-2)15-11-12-22(25-14-15)26-23(29)16-7-3-5-9-18(16)24;1-14-10-11-29-21(14)22(27)24-20-9-8-15(13-23-20)18-12-17(25-26(18)2)16-6-4-5-7-19(16)28-3;1-10-23-18(26-29-10)14-8-15(27(2)25-14)11-6-7-16(22-9-11)24-19(28)17-12(20)4-3-5-13(17)21;1-26-15(9-14(25-26)19-22-7-8-28-19)11-5-6-16(23-10-11)24-18(27)17-12(20)3-2-4-13(17)21/h3-13H,1-2H3,(H,26,27,30);3-14H,1-2H3,(H,25,26,29);4-13H,1-3H3,(H,23,24,27);3-9H,1-2H3,(H,22,24,28);2-10H,1H3,(H,23,24,27). The molecule has 5 amide bonds. The number of methoxy groups -OCH3 is 3. The van der Waals surface area contributed by atoms with Crippen molar-refractivity contribution < 1.29 is 73.4 Å². The normalized spacial score (nSPS) is 10.8. The first kappa shape index (κ1) is 101. The Morgan fingerprint density at radius 3 is 0.932 bits per heavy atom. The molecule has 41 heteroatoms. The van der Waals surface area contributed by atoms with E-state index in [9.17, 15) is 54.7 Å². The van der Waals surface area contributed by atoms with Crippen molar-refractivity contribution in [2.45, 2.75) is 13.8 Å². The first-order valence-electron chi connectivity index (χ1n) is 44.4. The topological polar surface area (TPSA) is 379 Å². The number of halogens is 7. The highest BCUT2D eigenvalue weighted by molar-refractivity contribution is 7.13. The number of hydrogen-bond donors (Lipinski definition) is 5. The average molecular weight is 2020 g/mol. The fourth-order valence-electron chi connectivity index (χ4n) is 15.0. The number of hydrogen-bond acceptors (Lipinski definition) is 24. The lowest BCUT2D eigenvalue weighted by Gasteiger charge is -2.07.